The van der Waals surface area contributed by atoms with Crippen LogP contribution in [-0.4, -0.2) is 42.5 Å². The van der Waals surface area contributed by atoms with E-state index in [1.165, 1.54) is 18.4 Å². The number of carbonyl (C=O) groups excluding carboxylic acids is 2. The van der Waals surface area contributed by atoms with Crippen LogP contribution < -0.4 is 4.80 Å². The van der Waals surface area contributed by atoms with Crippen LogP contribution in [0.15, 0.2) is 52.4 Å². The van der Waals surface area contributed by atoms with Crippen molar-refractivity contribution in [3.05, 3.63) is 58.4 Å². The van der Waals surface area contributed by atoms with E-state index >= 15 is 0 Å². The fourth-order valence-electron chi connectivity index (χ4n) is 2.96. The van der Waals surface area contributed by atoms with Gasteiger partial charge in [0.1, 0.15) is 0 Å². The maximum atomic E-state index is 12.9. The maximum Gasteiger partial charge on any atom is 0.337 e. The average molecular weight is 445 g/mol. The molecule has 0 fully saturated rings. The molecule has 1 heterocycles. The Bertz CT molecular complexity index is 1120. The molecular weight excluding hydrogens is 420 g/mol. The Kier molecular flexibility index (Phi) is 7.84. The Morgan fingerprint density at radius 1 is 1.13 bits per heavy atom. The molecule has 6 nitrogen and oxygen atoms in total. The van der Waals surface area contributed by atoms with Crippen molar-refractivity contribution in [2.24, 2.45) is 4.99 Å². The van der Waals surface area contributed by atoms with Gasteiger partial charge >= 0.3 is 5.97 Å². The van der Waals surface area contributed by atoms with Crippen molar-refractivity contribution in [3.63, 3.8) is 0 Å². The monoisotopic (exact) mass is 444 g/mol. The Hall–Kier alpha value is -2.42. The summed E-state index contributed by atoms with van der Waals surface area (Å²) in [5.41, 5.74) is 1.91. The number of esters is 1. The lowest BCUT2D eigenvalue weighted by Gasteiger charge is -2.06. The molecule has 0 aliphatic carbocycles. The summed E-state index contributed by atoms with van der Waals surface area (Å²) in [5.74, 6) is 0.245. The van der Waals surface area contributed by atoms with Crippen molar-refractivity contribution >= 4 is 45.2 Å². The number of fused-ring (bicyclic) bond motifs is 1. The lowest BCUT2D eigenvalue weighted by molar-refractivity contribution is 0.0600. The van der Waals surface area contributed by atoms with Gasteiger partial charge in [-0.15, -0.1) is 11.8 Å². The number of methoxy groups -OCH3 is 1. The standard InChI is InChI=1S/C22H24N2O4S2/c1-4-28-12-11-24-18-10-9-16(21(26)27-3)14-19(18)30-22(24)23-20(25)15-7-6-8-17(13-15)29-5-2/h6-10,13-14H,4-5,11-12H2,1-3H3. The van der Waals surface area contributed by atoms with Crippen molar-refractivity contribution in [1.29, 1.82) is 0 Å². The molecule has 8 heteroatoms. The van der Waals surface area contributed by atoms with Gasteiger partial charge in [0, 0.05) is 23.6 Å². The van der Waals surface area contributed by atoms with Crippen LogP contribution >= 0.6 is 23.1 Å². The second-order valence-corrected chi connectivity index (χ2v) is 8.63. The molecule has 0 bridgehead atoms. The number of hydrogen-bond donors (Lipinski definition) is 0. The van der Waals surface area contributed by atoms with Crippen LogP contribution in [0.5, 0.6) is 0 Å². The summed E-state index contributed by atoms with van der Waals surface area (Å²) in [5, 5.41) is 0. The van der Waals surface area contributed by atoms with E-state index in [9.17, 15) is 9.59 Å². The van der Waals surface area contributed by atoms with Gasteiger partial charge < -0.3 is 14.0 Å². The van der Waals surface area contributed by atoms with Crippen molar-refractivity contribution in [2.45, 2.75) is 25.3 Å². The predicted octanol–water partition coefficient (Wildman–Crippen LogP) is 4.38. The van der Waals surface area contributed by atoms with E-state index in [1.807, 2.05) is 35.8 Å². The van der Waals surface area contributed by atoms with Crippen LogP contribution in [0.25, 0.3) is 10.2 Å². The van der Waals surface area contributed by atoms with Crippen molar-refractivity contribution in [1.82, 2.24) is 4.57 Å². The first-order chi connectivity index (χ1) is 14.6. The van der Waals surface area contributed by atoms with Gasteiger partial charge in [0.05, 0.1) is 29.5 Å². The average Bonchev–Trinajstić information content (AvgIpc) is 3.10. The molecular formula is C22H24N2O4S2. The first-order valence-corrected chi connectivity index (χ1v) is 11.5. The summed E-state index contributed by atoms with van der Waals surface area (Å²) < 4.78 is 13.1. The third kappa shape index (κ3) is 5.19. The van der Waals surface area contributed by atoms with Gasteiger partial charge in [-0.05, 0) is 49.1 Å². The molecule has 158 valence electrons. The van der Waals surface area contributed by atoms with Crippen LogP contribution in [0.4, 0.5) is 0 Å². The van der Waals surface area contributed by atoms with E-state index in [4.69, 9.17) is 9.47 Å². The molecule has 0 saturated carbocycles. The van der Waals surface area contributed by atoms with E-state index in [0.29, 0.717) is 35.7 Å². The van der Waals surface area contributed by atoms with Gasteiger partial charge in [-0.1, -0.05) is 24.3 Å². The maximum absolute atomic E-state index is 12.9. The van der Waals surface area contributed by atoms with Crippen LogP contribution in [-0.2, 0) is 16.0 Å². The summed E-state index contributed by atoms with van der Waals surface area (Å²) in [4.78, 5) is 30.8. The van der Waals surface area contributed by atoms with E-state index in [1.54, 1.807) is 30.0 Å². The Morgan fingerprint density at radius 2 is 1.97 bits per heavy atom. The number of carbonyl (C=O) groups is 2. The van der Waals surface area contributed by atoms with Crippen LogP contribution in [0.3, 0.4) is 0 Å². The number of hydrogen-bond acceptors (Lipinski definition) is 6. The smallest absolute Gasteiger partial charge is 0.337 e. The zero-order valence-corrected chi connectivity index (χ0v) is 18.8. The molecule has 0 aliphatic rings. The minimum atomic E-state index is -0.397. The van der Waals surface area contributed by atoms with Gasteiger partial charge in [-0.2, -0.15) is 4.99 Å². The molecule has 0 saturated heterocycles. The SMILES string of the molecule is CCOCCn1c(=NC(=O)c2cccc(SCC)c2)sc2cc(C(=O)OC)ccc21. The summed E-state index contributed by atoms with van der Waals surface area (Å²) in [6, 6.07) is 12.8. The van der Waals surface area contributed by atoms with Crippen molar-refractivity contribution in [3.8, 4) is 0 Å². The minimum Gasteiger partial charge on any atom is -0.465 e. The zero-order chi connectivity index (χ0) is 21.5. The van der Waals surface area contributed by atoms with Gasteiger partial charge in [0.2, 0.25) is 0 Å². The molecule has 2 aromatic carbocycles. The van der Waals surface area contributed by atoms with Crippen molar-refractivity contribution in [2.75, 3.05) is 26.1 Å². The van der Waals surface area contributed by atoms with Gasteiger partial charge in [0.15, 0.2) is 4.80 Å². The topological polar surface area (TPSA) is 69.9 Å². The fourth-order valence-corrected chi connectivity index (χ4v) is 4.77. The summed E-state index contributed by atoms with van der Waals surface area (Å²) in [6.45, 7) is 5.69. The lowest BCUT2D eigenvalue weighted by atomic mass is 10.2. The molecule has 3 aromatic rings. The molecule has 1 amide bonds. The van der Waals surface area contributed by atoms with Crippen LogP contribution in [0.1, 0.15) is 34.6 Å². The fraction of sp³-hybridized carbons (Fsp3) is 0.318. The quantitative estimate of drug-likeness (QED) is 0.293. The van der Waals surface area contributed by atoms with Crippen LogP contribution in [0.2, 0.25) is 0 Å². The van der Waals surface area contributed by atoms with Gasteiger partial charge in [-0.3, -0.25) is 4.79 Å². The van der Waals surface area contributed by atoms with Crippen LogP contribution in [0, 0.1) is 0 Å². The number of benzene rings is 2. The number of amides is 1. The highest BCUT2D eigenvalue weighted by atomic mass is 32.2. The molecule has 3 rings (SSSR count). The van der Waals surface area contributed by atoms with E-state index in [2.05, 4.69) is 11.9 Å². The number of thioether (sulfide) groups is 1. The second kappa shape index (κ2) is 10.6. The molecule has 0 aliphatic heterocycles. The molecule has 0 atom stereocenters. The van der Waals surface area contributed by atoms with E-state index < -0.39 is 5.97 Å². The normalized spacial score (nSPS) is 11.8. The Balaban J connectivity index is 2.05. The summed E-state index contributed by atoms with van der Waals surface area (Å²) in [6.07, 6.45) is 0. The minimum absolute atomic E-state index is 0.293. The highest BCUT2D eigenvalue weighted by molar-refractivity contribution is 7.99. The van der Waals surface area contributed by atoms with E-state index in [0.717, 1.165) is 20.9 Å². The number of rotatable bonds is 8. The molecule has 30 heavy (non-hydrogen) atoms. The zero-order valence-electron chi connectivity index (χ0n) is 17.2. The Labute approximate surface area is 183 Å². The highest BCUT2D eigenvalue weighted by Crippen LogP contribution is 2.21. The predicted molar refractivity (Wildman–Crippen MR) is 120 cm³/mol. The Morgan fingerprint density at radius 3 is 2.70 bits per heavy atom. The first kappa shape index (κ1) is 22.3. The third-order valence-corrected chi connectivity index (χ3v) is 6.27. The number of ether oxygens (including phenoxy) is 2. The van der Waals surface area contributed by atoms with Crippen molar-refractivity contribution < 1.29 is 19.1 Å². The van der Waals surface area contributed by atoms with Gasteiger partial charge in [0.25, 0.3) is 5.91 Å². The highest BCUT2D eigenvalue weighted by Gasteiger charge is 2.13. The summed E-state index contributed by atoms with van der Waals surface area (Å²) in [7, 11) is 1.35. The van der Waals surface area contributed by atoms with Gasteiger partial charge in [-0.25, -0.2) is 4.79 Å². The number of thiazole rings is 1. The molecule has 0 spiro atoms. The first-order valence-electron chi connectivity index (χ1n) is 9.68. The van der Waals surface area contributed by atoms with E-state index in [-0.39, 0.29) is 5.91 Å². The molecule has 0 radical (unpaired) electrons. The molecule has 0 N–H and O–H groups in total. The molecule has 0 unspecified atom stereocenters. The second-order valence-electron chi connectivity index (χ2n) is 6.29. The largest absolute Gasteiger partial charge is 0.465 e. The number of nitrogens with zero attached hydrogens (tertiary/aromatic N) is 2. The molecule has 1 aromatic heterocycles. The summed E-state index contributed by atoms with van der Waals surface area (Å²) >= 11 is 3.05. The number of aromatic nitrogens is 1. The lowest BCUT2D eigenvalue weighted by Crippen LogP contribution is -2.19. The third-order valence-electron chi connectivity index (χ3n) is 4.36.